The first kappa shape index (κ1) is 48.6. The van der Waals surface area contributed by atoms with Crippen molar-refractivity contribution in [1.29, 1.82) is 0 Å². The number of nitrogens with zero attached hydrogens (tertiary/aromatic N) is 2. The summed E-state index contributed by atoms with van der Waals surface area (Å²) < 4.78 is 21.4. The summed E-state index contributed by atoms with van der Waals surface area (Å²) >= 11 is 0. The number of aromatic nitrogens is 2. The average Bonchev–Trinajstić information content (AvgIpc) is 3.37. The highest BCUT2D eigenvalue weighted by atomic mass is 16.6. The highest BCUT2D eigenvalue weighted by Gasteiger charge is 2.29. The molecule has 0 bridgehead atoms. The maximum absolute atomic E-state index is 13.0. The predicted octanol–water partition coefficient (Wildman–Crippen LogP) is 9.81. The fourth-order valence-corrected chi connectivity index (χ4v) is 6.75. The minimum atomic E-state index is -0.905. The molecule has 2 amide bonds. The molecule has 0 aliphatic carbocycles. The zero-order valence-corrected chi connectivity index (χ0v) is 36.8. The molecule has 0 saturated heterocycles. The SMILES string of the molecule is C=C/C=C(\c1ccccc1)[C@H](OC(=O)N[C@@H](Cc1ccccc1)C(=O)OC)c1ccccn1.C=C/C=C(\c1ccccc1)[C@H](OC(=O)N[C@@H](Cc1ccccc1)C(=O)OC)c1ccccn1. The van der Waals surface area contributed by atoms with Gasteiger partial charge < -0.3 is 29.6 Å². The quantitative estimate of drug-likeness (QED) is 0.0484. The molecule has 66 heavy (non-hydrogen) atoms. The van der Waals surface area contributed by atoms with Crippen LogP contribution in [0.2, 0.25) is 0 Å². The number of hydrogen-bond donors (Lipinski definition) is 2. The van der Waals surface area contributed by atoms with Gasteiger partial charge >= 0.3 is 24.1 Å². The molecule has 4 aromatic carbocycles. The molecule has 0 unspecified atom stereocenters. The van der Waals surface area contributed by atoms with E-state index in [0.717, 1.165) is 22.3 Å². The lowest BCUT2D eigenvalue weighted by molar-refractivity contribution is -0.143. The number of hydrogen-bond acceptors (Lipinski definition) is 10. The van der Waals surface area contributed by atoms with Crippen molar-refractivity contribution in [1.82, 2.24) is 20.6 Å². The van der Waals surface area contributed by atoms with Crippen LogP contribution in [0.15, 0.2) is 208 Å². The lowest BCUT2D eigenvalue weighted by atomic mass is 9.97. The fraction of sp³-hybridized carbons (Fsp3) is 0.148. The second-order valence-electron chi connectivity index (χ2n) is 14.3. The van der Waals surface area contributed by atoms with E-state index in [4.69, 9.17) is 18.9 Å². The van der Waals surface area contributed by atoms with Gasteiger partial charge in [-0.25, -0.2) is 19.2 Å². The van der Waals surface area contributed by atoms with E-state index < -0.39 is 48.4 Å². The van der Waals surface area contributed by atoms with Crippen molar-refractivity contribution >= 4 is 35.3 Å². The van der Waals surface area contributed by atoms with Gasteiger partial charge in [0.05, 0.1) is 25.6 Å². The van der Waals surface area contributed by atoms with E-state index in [-0.39, 0.29) is 12.8 Å². The summed E-state index contributed by atoms with van der Waals surface area (Å²) in [6.07, 6.45) is 7.47. The van der Waals surface area contributed by atoms with E-state index in [9.17, 15) is 19.2 Å². The van der Waals surface area contributed by atoms with Crippen LogP contribution in [-0.4, -0.2) is 60.4 Å². The lowest BCUT2D eigenvalue weighted by Crippen LogP contribution is -2.43. The Bertz CT molecular complexity index is 2340. The Morgan fingerprint density at radius 2 is 0.833 bits per heavy atom. The number of pyridine rings is 2. The first-order valence-corrected chi connectivity index (χ1v) is 21.0. The molecule has 0 aliphatic rings. The van der Waals surface area contributed by atoms with Crippen molar-refractivity contribution in [2.45, 2.75) is 37.1 Å². The van der Waals surface area contributed by atoms with Gasteiger partial charge in [0.1, 0.15) is 12.1 Å². The zero-order valence-electron chi connectivity index (χ0n) is 36.8. The first-order valence-electron chi connectivity index (χ1n) is 21.0. The molecular weight excluding hydrogens is 833 g/mol. The summed E-state index contributed by atoms with van der Waals surface area (Å²) in [5.41, 5.74) is 5.97. The molecular formula is C54H52N4O8. The number of carbonyl (C=O) groups is 4. The molecule has 0 radical (unpaired) electrons. The number of allylic oxidation sites excluding steroid dienone is 4. The lowest BCUT2D eigenvalue weighted by Gasteiger charge is -2.23. The molecule has 0 spiro atoms. The molecule has 0 aliphatic heterocycles. The zero-order chi connectivity index (χ0) is 46.9. The monoisotopic (exact) mass is 884 g/mol. The van der Waals surface area contributed by atoms with Crippen molar-refractivity contribution in [2.24, 2.45) is 0 Å². The maximum Gasteiger partial charge on any atom is 0.408 e. The number of nitrogens with one attached hydrogen (secondary N) is 2. The van der Waals surface area contributed by atoms with E-state index >= 15 is 0 Å². The molecule has 12 nitrogen and oxygen atoms in total. The van der Waals surface area contributed by atoms with Gasteiger partial charge in [0.15, 0.2) is 12.2 Å². The molecule has 6 rings (SSSR count). The number of ether oxygens (including phenoxy) is 4. The second kappa shape index (κ2) is 26.3. The molecule has 4 atom stereocenters. The summed E-state index contributed by atoms with van der Waals surface area (Å²) in [5.74, 6) is -1.12. The Balaban J connectivity index is 0.000000247. The Kier molecular flexibility index (Phi) is 19.4. The predicted molar refractivity (Wildman–Crippen MR) is 254 cm³/mol. The molecule has 0 fully saturated rings. The number of rotatable bonds is 18. The van der Waals surface area contributed by atoms with Gasteiger partial charge in [-0.3, -0.25) is 9.97 Å². The Morgan fingerprint density at radius 3 is 1.14 bits per heavy atom. The summed E-state index contributed by atoms with van der Waals surface area (Å²) in [6, 6.07) is 46.7. The molecule has 336 valence electrons. The van der Waals surface area contributed by atoms with E-state index in [2.05, 4.69) is 33.8 Å². The maximum atomic E-state index is 13.0. The van der Waals surface area contributed by atoms with Crippen LogP contribution >= 0.6 is 0 Å². The number of carbonyl (C=O) groups excluding carboxylic acids is 4. The van der Waals surface area contributed by atoms with Crippen LogP contribution in [0.5, 0.6) is 0 Å². The highest BCUT2D eigenvalue weighted by molar-refractivity contribution is 5.84. The van der Waals surface area contributed by atoms with Crippen LogP contribution in [0.3, 0.4) is 0 Å². The second-order valence-corrected chi connectivity index (χ2v) is 14.3. The average molecular weight is 885 g/mol. The van der Waals surface area contributed by atoms with Crippen LogP contribution < -0.4 is 10.6 Å². The minimum absolute atomic E-state index is 0.269. The fourth-order valence-electron chi connectivity index (χ4n) is 6.75. The van der Waals surface area contributed by atoms with Crippen molar-refractivity contribution in [3.8, 4) is 0 Å². The molecule has 2 heterocycles. The molecule has 2 N–H and O–H groups in total. The third-order valence-corrected chi connectivity index (χ3v) is 9.86. The normalized spacial score (nSPS) is 12.8. The van der Waals surface area contributed by atoms with Crippen LogP contribution in [0.1, 0.15) is 45.8 Å². The molecule has 12 heteroatoms. The smallest absolute Gasteiger partial charge is 0.408 e. The van der Waals surface area contributed by atoms with Crippen LogP contribution in [0.25, 0.3) is 11.1 Å². The minimum Gasteiger partial charge on any atom is -0.467 e. The highest BCUT2D eigenvalue weighted by Crippen LogP contribution is 2.34. The largest absolute Gasteiger partial charge is 0.467 e. The van der Waals surface area contributed by atoms with Gasteiger partial charge in [-0.05, 0) is 46.5 Å². The van der Waals surface area contributed by atoms with Crippen LogP contribution in [0.4, 0.5) is 9.59 Å². The summed E-state index contributed by atoms with van der Waals surface area (Å²) in [4.78, 5) is 59.4. The van der Waals surface area contributed by atoms with Gasteiger partial charge in [0, 0.05) is 36.4 Å². The van der Waals surface area contributed by atoms with Gasteiger partial charge in [-0.1, -0.05) is 171 Å². The molecule has 0 saturated carbocycles. The summed E-state index contributed by atoms with van der Waals surface area (Å²) in [5, 5.41) is 5.30. The third-order valence-electron chi connectivity index (χ3n) is 9.86. The number of esters is 2. The summed E-state index contributed by atoms with van der Waals surface area (Å²) in [6.45, 7) is 7.59. The van der Waals surface area contributed by atoms with Gasteiger partial charge in [0.25, 0.3) is 0 Å². The van der Waals surface area contributed by atoms with Crippen molar-refractivity contribution in [3.05, 3.63) is 241 Å². The molecule has 6 aromatic rings. The van der Waals surface area contributed by atoms with Crippen molar-refractivity contribution in [3.63, 3.8) is 0 Å². The number of benzene rings is 4. The van der Waals surface area contributed by atoms with Gasteiger partial charge in [0.2, 0.25) is 0 Å². The van der Waals surface area contributed by atoms with E-state index in [1.807, 2.05) is 133 Å². The van der Waals surface area contributed by atoms with Crippen LogP contribution in [0, 0.1) is 0 Å². The van der Waals surface area contributed by atoms with E-state index in [1.165, 1.54) is 14.2 Å². The number of methoxy groups -OCH3 is 2. The van der Waals surface area contributed by atoms with Crippen molar-refractivity contribution in [2.75, 3.05) is 14.2 Å². The number of alkyl carbamates (subject to hydrolysis) is 2. The first-order chi connectivity index (χ1) is 32.2. The molecule has 2 aromatic heterocycles. The van der Waals surface area contributed by atoms with E-state index in [1.54, 1.807) is 61.0 Å². The van der Waals surface area contributed by atoms with Gasteiger partial charge in [-0.15, -0.1) is 0 Å². The Hall–Kier alpha value is -8.38. The number of amides is 2. The van der Waals surface area contributed by atoms with Crippen LogP contribution in [-0.2, 0) is 41.4 Å². The Labute approximate surface area is 385 Å². The standard InChI is InChI=1S/2C27H26N2O4/c2*1-3-12-22(21-15-8-5-9-16-21)25(23-17-10-11-18-28-23)33-27(31)29-24(26(30)32-2)19-20-13-6-4-7-14-20/h2*3-18,24-25H,1,19H2,2H3,(H,29,31)/b2*22-12+/t2*24-,25-/m00/s1. The Morgan fingerprint density at radius 1 is 0.500 bits per heavy atom. The third kappa shape index (κ3) is 14.9. The topological polar surface area (TPSA) is 155 Å². The summed E-state index contributed by atoms with van der Waals surface area (Å²) in [7, 11) is 2.56. The van der Waals surface area contributed by atoms with Crippen molar-refractivity contribution < 1.29 is 38.1 Å². The van der Waals surface area contributed by atoms with Gasteiger partial charge in [-0.2, -0.15) is 0 Å². The van der Waals surface area contributed by atoms with E-state index in [0.29, 0.717) is 22.5 Å².